The molecule has 0 spiro atoms. The van der Waals surface area contributed by atoms with E-state index in [2.05, 4.69) is 15.1 Å². The molecule has 4 aromatic rings. The molecule has 0 saturated heterocycles. The number of benzene rings is 2. The van der Waals surface area contributed by atoms with Crippen molar-refractivity contribution in [3.05, 3.63) is 70.8 Å². The molecule has 33 heavy (non-hydrogen) atoms. The van der Waals surface area contributed by atoms with Gasteiger partial charge in [-0.15, -0.1) is 0 Å². The second kappa shape index (κ2) is 8.32. The predicted molar refractivity (Wildman–Crippen MR) is 124 cm³/mol. The number of hydrogen-bond acceptors (Lipinski definition) is 5. The van der Waals surface area contributed by atoms with E-state index in [0.717, 1.165) is 12.1 Å². The monoisotopic (exact) mass is 473 g/mol. The molecule has 0 bridgehead atoms. The average Bonchev–Trinajstić information content (AvgIpc) is 3.15. The molecular formula is C22H21F2N5O3S. The van der Waals surface area contributed by atoms with Crippen LogP contribution in [-0.4, -0.2) is 28.5 Å². The summed E-state index contributed by atoms with van der Waals surface area (Å²) < 4.78 is 57.3. The first-order valence-electron chi connectivity index (χ1n) is 9.98. The molecule has 0 atom stereocenters. The number of aryl methyl sites for hydroxylation is 2. The van der Waals surface area contributed by atoms with Crippen molar-refractivity contribution in [2.75, 3.05) is 15.8 Å². The van der Waals surface area contributed by atoms with Crippen LogP contribution in [0.25, 0.3) is 22.0 Å². The molecule has 2 N–H and O–H groups in total. The smallest absolute Gasteiger partial charge is 0.261 e. The van der Waals surface area contributed by atoms with E-state index in [1.807, 2.05) is 0 Å². The second-order valence-electron chi connectivity index (χ2n) is 7.54. The Balaban J connectivity index is 1.95. The number of aromatic nitrogens is 3. The Morgan fingerprint density at radius 1 is 1.00 bits per heavy atom. The zero-order valence-corrected chi connectivity index (χ0v) is 18.9. The molecule has 4 rings (SSSR count). The number of halogens is 2. The normalized spacial score (nSPS) is 11.7. The summed E-state index contributed by atoms with van der Waals surface area (Å²) in [6.45, 7) is 1.51. The van der Waals surface area contributed by atoms with Crippen LogP contribution in [0, 0.1) is 11.6 Å². The lowest BCUT2D eigenvalue weighted by atomic mass is 10.0. The third kappa shape index (κ3) is 4.44. The first-order valence-corrected chi connectivity index (χ1v) is 11.6. The number of anilines is 3. The number of nitrogens with zero attached hydrogens (tertiary/aromatic N) is 3. The van der Waals surface area contributed by atoms with Gasteiger partial charge in [-0.2, -0.15) is 5.10 Å². The number of rotatable bonds is 6. The van der Waals surface area contributed by atoms with E-state index in [9.17, 15) is 22.0 Å². The van der Waals surface area contributed by atoms with E-state index in [1.54, 1.807) is 38.6 Å². The molecule has 0 saturated carbocycles. The van der Waals surface area contributed by atoms with Crippen LogP contribution in [0.2, 0.25) is 0 Å². The van der Waals surface area contributed by atoms with Gasteiger partial charge in [0.05, 0.1) is 16.8 Å². The first-order chi connectivity index (χ1) is 15.6. The highest BCUT2D eigenvalue weighted by atomic mass is 32.2. The third-order valence-corrected chi connectivity index (χ3v) is 6.43. The molecule has 0 unspecified atom stereocenters. The molecule has 0 aliphatic rings. The Labute approximate surface area is 188 Å². The lowest BCUT2D eigenvalue weighted by Crippen LogP contribution is -2.16. The lowest BCUT2D eigenvalue weighted by Gasteiger charge is -2.16. The molecule has 2 aromatic carbocycles. The van der Waals surface area contributed by atoms with Crippen LogP contribution in [-0.2, 0) is 24.1 Å². The van der Waals surface area contributed by atoms with E-state index in [-0.39, 0.29) is 22.7 Å². The third-order valence-electron chi connectivity index (χ3n) is 5.12. The van der Waals surface area contributed by atoms with Gasteiger partial charge in [0.2, 0.25) is 10.0 Å². The van der Waals surface area contributed by atoms with Crippen molar-refractivity contribution < 1.29 is 17.2 Å². The molecule has 0 fully saturated rings. The fraction of sp³-hybridized carbons (Fsp3) is 0.182. The Kier molecular flexibility index (Phi) is 5.66. The minimum Gasteiger partial charge on any atom is -0.353 e. The minimum absolute atomic E-state index is 0.0293. The van der Waals surface area contributed by atoms with Gasteiger partial charge >= 0.3 is 0 Å². The molecule has 8 nitrogen and oxygen atoms in total. The summed E-state index contributed by atoms with van der Waals surface area (Å²) in [5.74, 6) is -1.62. The molecule has 0 amide bonds. The zero-order valence-electron chi connectivity index (χ0n) is 18.1. The maximum Gasteiger partial charge on any atom is 0.261 e. The molecular weight excluding hydrogens is 452 g/mol. The highest BCUT2D eigenvalue weighted by Gasteiger charge is 2.18. The summed E-state index contributed by atoms with van der Waals surface area (Å²) in [4.78, 5) is 12.6. The maximum atomic E-state index is 14.3. The topological polar surface area (TPSA) is 98.0 Å². The number of fused-ring (bicyclic) bond motifs is 1. The van der Waals surface area contributed by atoms with Gasteiger partial charge in [-0.25, -0.2) is 17.2 Å². The first kappa shape index (κ1) is 22.5. The van der Waals surface area contributed by atoms with E-state index in [0.29, 0.717) is 27.7 Å². The van der Waals surface area contributed by atoms with Crippen molar-refractivity contribution in [1.82, 2.24) is 14.3 Å². The van der Waals surface area contributed by atoms with Gasteiger partial charge in [-0.05, 0) is 37.3 Å². The highest BCUT2D eigenvalue weighted by Crippen LogP contribution is 2.36. The number of sulfonamides is 1. The molecule has 2 heterocycles. The molecule has 11 heteroatoms. The molecule has 172 valence electrons. The predicted octanol–water partition coefficient (Wildman–Crippen LogP) is 3.72. The van der Waals surface area contributed by atoms with Crippen molar-refractivity contribution in [3.63, 3.8) is 0 Å². The zero-order chi connectivity index (χ0) is 23.9. The van der Waals surface area contributed by atoms with Crippen molar-refractivity contribution >= 4 is 38.0 Å². The summed E-state index contributed by atoms with van der Waals surface area (Å²) in [6.07, 6.45) is 3.18. The number of hydrogen-bond donors (Lipinski definition) is 2. The van der Waals surface area contributed by atoms with Crippen LogP contribution < -0.4 is 15.6 Å². The highest BCUT2D eigenvalue weighted by molar-refractivity contribution is 7.92. The molecule has 0 radical (unpaired) electrons. The summed E-state index contributed by atoms with van der Waals surface area (Å²) in [5.41, 5.74) is 1.87. The summed E-state index contributed by atoms with van der Waals surface area (Å²) in [7, 11) is -0.280. The van der Waals surface area contributed by atoms with Crippen LogP contribution in [0.4, 0.5) is 25.8 Å². The summed E-state index contributed by atoms with van der Waals surface area (Å²) in [5, 5.41) is 7.71. The van der Waals surface area contributed by atoms with Crippen LogP contribution in [0.15, 0.2) is 53.6 Å². The van der Waals surface area contributed by atoms with E-state index >= 15 is 0 Å². The van der Waals surface area contributed by atoms with Crippen LogP contribution in [0.5, 0.6) is 0 Å². The molecule has 0 aliphatic carbocycles. The van der Waals surface area contributed by atoms with Crippen molar-refractivity contribution in [2.24, 2.45) is 14.1 Å². The van der Waals surface area contributed by atoms with Crippen molar-refractivity contribution in [2.45, 2.75) is 6.92 Å². The quantitative estimate of drug-likeness (QED) is 0.445. The molecule has 2 aromatic heterocycles. The molecule has 0 aliphatic heterocycles. The van der Waals surface area contributed by atoms with E-state index in [4.69, 9.17) is 0 Å². The van der Waals surface area contributed by atoms with Crippen molar-refractivity contribution in [3.8, 4) is 11.1 Å². The van der Waals surface area contributed by atoms with Gasteiger partial charge in [0.25, 0.3) is 5.56 Å². The van der Waals surface area contributed by atoms with Gasteiger partial charge in [-0.3, -0.25) is 14.2 Å². The fourth-order valence-corrected chi connectivity index (χ4v) is 4.10. The number of nitrogens with one attached hydrogen (secondary N) is 2. The van der Waals surface area contributed by atoms with Crippen LogP contribution in [0.1, 0.15) is 6.92 Å². The van der Waals surface area contributed by atoms with Crippen LogP contribution in [0.3, 0.4) is 0 Å². The summed E-state index contributed by atoms with van der Waals surface area (Å²) >= 11 is 0. The standard InChI is InChI=1S/C22H21F2N5O3S/c1-4-33(31,32)27-14-6-8-19(25-20-7-5-13(23)9-18(20)24)15(10-14)16-11-28(2)22(30)17-12-29(3)26-21(16)17/h5-12,25,27H,4H2,1-3H3. The average molecular weight is 474 g/mol. The lowest BCUT2D eigenvalue weighted by molar-refractivity contribution is 0.586. The fourth-order valence-electron chi connectivity index (χ4n) is 3.47. The Hall–Kier alpha value is -3.73. The van der Waals surface area contributed by atoms with Crippen LogP contribution >= 0.6 is 0 Å². The number of pyridine rings is 1. The summed E-state index contributed by atoms with van der Waals surface area (Å²) in [6, 6.07) is 7.82. The maximum absolute atomic E-state index is 14.3. The van der Waals surface area contributed by atoms with Gasteiger partial charge in [0.1, 0.15) is 17.2 Å². The second-order valence-corrected chi connectivity index (χ2v) is 9.55. The SMILES string of the molecule is CCS(=O)(=O)Nc1ccc(Nc2ccc(F)cc2F)c(-c2cn(C)c(=O)c3cn(C)nc23)c1. The van der Waals surface area contributed by atoms with Crippen molar-refractivity contribution in [1.29, 1.82) is 0 Å². The van der Waals surface area contributed by atoms with Gasteiger partial charge in [-0.1, -0.05) is 0 Å². The van der Waals surface area contributed by atoms with E-state index < -0.39 is 21.7 Å². The van der Waals surface area contributed by atoms with Gasteiger partial charge in [0, 0.05) is 55.1 Å². The Bertz CT molecular complexity index is 1540. The minimum atomic E-state index is -3.56. The van der Waals surface area contributed by atoms with Gasteiger partial charge in [0.15, 0.2) is 0 Å². The van der Waals surface area contributed by atoms with E-state index in [1.165, 1.54) is 28.3 Å². The Morgan fingerprint density at radius 3 is 2.42 bits per heavy atom. The van der Waals surface area contributed by atoms with Gasteiger partial charge < -0.3 is 9.88 Å². The Morgan fingerprint density at radius 2 is 1.73 bits per heavy atom. The largest absolute Gasteiger partial charge is 0.353 e.